The smallest absolute Gasteiger partial charge is 0.173 e. The minimum atomic E-state index is 0.154. The van der Waals surface area contributed by atoms with E-state index in [-0.39, 0.29) is 5.49 Å². The number of aromatic amines is 1. The van der Waals surface area contributed by atoms with Crippen molar-refractivity contribution >= 4 is 22.9 Å². The molecule has 1 aromatic carbocycles. The van der Waals surface area contributed by atoms with E-state index < -0.39 is 0 Å². The molecule has 0 bridgehead atoms. The first-order valence-corrected chi connectivity index (χ1v) is 8.22. The number of H-pyrrole nitrogens is 1. The third-order valence-corrected chi connectivity index (χ3v) is 4.41. The van der Waals surface area contributed by atoms with Crippen LogP contribution < -0.4 is 10.2 Å². The summed E-state index contributed by atoms with van der Waals surface area (Å²) in [4.78, 5) is 12.8. The molecule has 0 radical (unpaired) electrons. The lowest BCUT2D eigenvalue weighted by Gasteiger charge is -2.05. The summed E-state index contributed by atoms with van der Waals surface area (Å²) in [6, 6.07) is 9.83. The molecule has 8 heteroatoms. The van der Waals surface area contributed by atoms with Crippen molar-refractivity contribution < 1.29 is 4.74 Å². The van der Waals surface area contributed by atoms with Gasteiger partial charge in [-0.3, -0.25) is 5.41 Å². The minimum Gasteiger partial charge on any atom is -0.496 e. The summed E-state index contributed by atoms with van der Waals surface area (Å²) in [5.74, 6) is 0.772. The second kappa shape index (κ2) is 7.19. The minimum absolute atomic E-state index is 0.154. The zero-order valence-electron chi connectivity index (χ0n) is 13.1. The summed E-state index contributed by atoms with van der Waals surface area (Å²) in [5, 5.41) is 17.3. The van der Waals surface area contributed by atoms with Crippen molar-refractivity contribution in [1.29, 1.82) is 10.7 Å². The van der Waals surface area contributed by atoms with E-state index in [0.29, 0.717) is 29.3 Å². The van der Waals surface area contributed by atoms with Gasteiger partial charge in [0, 0.05) is 13.0 Å². The summed E-state index contributed by atoms with van der Waals surface area (Å²) >= 11 is 1.44. The number of hydrogen-bond acceptors (Lipinski definition) is 6. The molecule has 0 unspecified atom stereocenters. The molecule has 0 saturated heterocycles. The van der Waals surface area contributed by atoms with Crippen molar-refractivity contribution in [2.24, 2.45) is 0 Å². The topological polar surface area (TPSA) is 103 Å². The van der Waals surface area contributed by atoms with Gasteiger partial charge in [0.15, 0.2) is 16.3 Å². The lowest BCUT2D eigenvalue weighted by molar-refractivity contribution is 0.405. The first kappa shape index (κ1) is 16.1. The molecule has 0 fully saturated rings. The van der Waals surface area contributed by atoms with Crippen LogP contribution in [0.15, 0.2) is 40.6 Å². The molecule has 0 atom stereocenters. The van der Waals surface area contributed by atoms with Crippen LogP contribution in [0.4, 0.5) is 0 Å². The zero-order chi connectivity index (χ0) is 16.9. The van der Waals surface area contributed by atoms with E-state index in [0.717, 1.165) is 17.1 Å². The van der Waals surface area contributed by atoms with E-state index in [1.165, 1.54) is 11.8 Å². The first-order valence-electron chi connectivity index (χ1n) is 7.40. The van der Waals surface area contributed by atoms with Gasteiger partial charge in [0.1, 0.15) is 11.3 Å². The summed E-state index contributed by atoms with van der Waals surface area (Å²) in [5.41, 5.74) is 1.41. The Hall–Kier alpha value is -2.79. The Kier molecular flexibility index (Phi) is 4.82. The Bertz CT molecular complexity index is 955. The number of methoxy groups -OCH3 is 1. The van der Waals surface area contributed by atoms with Crippen molar-refractivity contribution in [3.63, 3.8) is 0 Å². The summed E-state index contributed by atoms with van der Waals surface area (Å²) in [7, 11) is 1.63. The van der Waals surface area contributed by atoms with Crippen molar-refractivity contribution in [2.45, 2.75) is 29.4 Å². The van der Waals surface area contributed by atoms with Gasteiger partial charge < -0.3 is 14.3 Å². The second-order valence-electron chi connectivity index (χ2n) is 5.04. The van der Waals surface area contributed by atoms with E-state index in [4.69, 9.17) is 15.4 Å². The summed E-state index contributed by atoms with van der Waals surface area (Å²) in [6.07, 6.45) is 2.79. The number of aryl methyl sites for hydroxylation is 1. The molecule has 24 heavy (non-hydrogen) atoms. The van der Waals surface area contributed by atoms with Gasteiger partial charge in [0.25, 0.3) is 0 Å². The van der Waals surface area contributed by atoms with E-state index >= 15 is 0 Å². The van der Waals surface area contributed by atoms with Crippen LogP contribution in [-0.2, 0) is 6.54 Å². The van der Waals surface area contributed by atoms with Gasteiger partial charge in [-0.1, -0.05) is 12.1 Å². The standard InChI is InChI=1S/C16H16N6OS/c1-23-11-6-2-3-7-12(11)24-16-20-13-14(18)19-10-22(15(13)21-16)9-5-4-8-17/h2-3,6-7,10,18H,4-5,9H2,1H3,(H,20,21). The van der Waals surface area contributed by atoms with Crippen molar-refractivity contribution in [3.05, 3.63) is 36.1 Å². The zero-order valence-corrected chi connectivity index (χ0v) is 13.9. The molecule has 0 spiro atoms. The average Bonchev–Trinajstić information content (AvgIpc) is 3.02. The fraction of sp³-hybridized carbons (Fsp3) is 0.250. The van der Waals surface area contributed by atoms with Crippen LogP contribution in [0, 0.1) is 16.7 Å². The van der Waals surface area contributed by atoms with Crippen LogP contribution in [0.2, 0.25) is 0 Å². The van der Waals surface area contributed by atoms with Crippen LogP contribution >= 0.6 is 11.8 Å². The Morgan fingerprint density at radius 2 is 2.25 bits per heavy atom. The van der Waals surface area contributed by atoms with Crippen LogP contribution in [-0.4, -0.2) is 26.6 Å². The Morgan fingerprint density at radius 1 is 1.42 bits per heavy atom. The number of benzene rings is 1. The fourth-order valence-electron chi connectivity index (χ4n) is 2.31. The van der Waals surface area contributed by atoms with Gasteiger partial charge in [0.2, 0.25) is 0 Å². The number of nitriles is 1. The maximum absolute atomic E-state index is 8.68. The van der Waals surface area contributed by atoms with Gasteiger partial charge in [-0.15, -0.1) is 0 Å². The number of fused-ring (bicyclic) bond motifs is 1. The molecular formula is C16H16N6OS. The van der Waals surface area contributed by atoms with Gasteiger partial charge in [0.05, 0.1) is 24.4 Å². The number of aromatic nitrogens is 4. The van der Waals surface area contributed by atoms with Crippen molar-refractivity contribution in [1.82, 2.24) is 19.5 Å². The molecule has 3 rings (SSSR count). The van der Waals surface area contributed by atoms with Crippen LogP contribution in [0.25, 0.3) is 11.2 Å². The SMILES string of the molecule is COc1ccccc1Sc1nc2c([nH]1)c(=N)ncn2CCCC#N. The first-order chi connectivity index (χ1) is 11.7. The Labute approximate surface area is 142 Å². The fourth-order valence-corrected chi connectivity index (χ4v) is 3.20. The second-order valence-corrected chi connectivity index (χ2v) is 6.07. The van der Waals surface area contributed by atoms with Crippen LogP contribution in [0.1, 0.15) is 12.8 Å². The maximum atomic E-state index is 8.68. The highest BCUT2D eigenvalue weighted by atomic mass is 32.2. The molecule has 0 aliphatic rings. The maximum Gasteiger partial charge on any atom is 0.173 e. The highest BCUT2D eigenvalue weighted by Crippen LogP contribution is 2.33. The van der Waals surface area contributed by atoms with Crippen molar-refractivity contribution in [3.8, 4) is 11.8 Å². The molecule has 2 N–H and O–H groups in total. The molecule has 0 aliphatic heterocycles. The lowest BCUT2D eigenvalue weighted by atomic mass is 10.3. The quantitative estimate of drug-likeness (QED) is 0.672. The molecule has 3 aromatic rings. The predicted octanol–water partition coefficient (Wildman–Crippen LogP) is 2.70. The number of nitrogens with zero attached hydrogens (tertiary/aromatic N) is 4. The van der Waals surface area contributed by atoms with E-state index in [9.17, 15) is 0 Å². The van der Waals surface area contributed by atoms with E-state index in [1.54, 1.807) is 13.4 Å². The number of hydrogen-bond donors (Lipinski definition) is 2. The number of rotatable bonds is 6. The Balaban J connectivity index is 1.95. The normalized spacial score (nSPS) is 10.7. The highest BCUT2D eigenvalue weighted by Gasteiger charge is 2.12. The number of nitrogens with one attached hydrogen (secondary N) is 2. The molecule has 7 nitrogen and oxygen atoms in total. The molecule has 2 aromatic heterocycles. The summed E-state index contributed by atoms with van der Waals surface area (Å²) < 4.78 is 7.23. The molecule has 0 aliphatic carbocycles. The molecule has 122 valence electrons. The van der Waals surface area contributed by atoms with E-state index in [2.05, 4.69) is 21.0 Å². The van der Waals surface area contributed by atoms with Crippen molar-refractivity contribution in [2.75, 3.05) is 7.11 Å². The largest absolute Gasteiger partial charge is 0.496 e. The number of ether oxygens (including phenoxy) is 1. The van der Waals surface area contributed by atoms with Gasteiger partial charge >= 0.3 is 0 Å². The number of imidazole rings is 1. The lowest BCUT2D eigenvalue weighted by Crippen LogP contribution is -2.12. The van der Waals surface area contributed by atoms with Gasteiger partial charge in [-0.05, 0) is 30.3 Å². The molecule has 2 heterocycles. The third-order valence-electron chi connectivity index (χ3n) is 3.46. The predicted molar refractivity (Wildman–Crippen MR) is 89.7 cm³/mol. The monoisotopic (exact) mass is 340 g/mol. The van der Waals surface area contributed by atoms with Gasteiger partial charge in [-0.25, -0.2) is 9.97 Å². The molecule has 0 saturated carbocycles. The Morgan fingerprint density at radius 3 is 3.04 bits per heavy atom. The van der Waals surface area contributed by atoms with Crippen LogP contribution in [0.3, 0.4) is 0 Å². The highest BCUT2D eigenvalue weighted by molar-refractivity contribution is 7.99. The van der Waals surface area contributed by atoms with Crippen LogP contribution in [0.5, 0.6) is 5.75 Å². The molecule has 0 amide bonds. The molecular weight excluding hydrogens is 324 g/mol. The average molecular weight is 340 g/mol. The summed E-state index contributed by atoms with van der Waals surface area (Å²) in [6.45, 7) is 0.640. The number of para-hydroxylation sites is 1. The van der Waals surface area contributed by atoms with Gasteiger partial charge in [-0.2, -0.15) is 5.26 Å². The number of unbranched alkanes of at least 4 members (excludes halogenated alkanes) is 1. The van der Waals surface area contributed by atoms with E-state index in [1.807, 2.05) is 28.8 Å². The third kappa shape index (κ3) is 3.26.